The van der Waals surface area contributed by atoms with Crippen LogP contribution in [0.1, 0.15) is 37.2 Å². The van der Waals surface area contributed by atoms with Crippen LogP contribution in [0.4, 0.5) is 0 Å². The van der Waals surface area contributed by atoms with Gasteiger partial charge in [-0.25, -0.2) is 9.78 Å². The maximum Gasteiger partial charge on any atom is 0.331 e. The highest BCUT2D eigenvalue weighted by molar-refractivity contribution is 5.96. The summed E-state index contributed by atoms with van der Waals surface area (Å²) in [5.41, 5.74) is -0.873. The molecule has 0 spiro atoms. The smallest absolute Gasteiger partial charge is 0.331 e. The average molecular weight is 251 g/mol. The Balaban J connectivity index is 2.85. The molecule has 0 fully saturated rings. The number of ether oxygens (including phenoxy) is 1. The van der Waals surface area contributed by atoms with Gasteiger partial charge in [0.25, 0.3) is 5.91 Å². The molecule has 1 unspecified atom stereocenters. The van der Waals surface area contributed by atoms with E-state index < -0.39 is 17.4 Å². The maximum atomic E-state index is 11.9. The first-order chi connectivity index (χ1) is 8.53. The van der Waals surface area contributed by atoms with E-state index in [9.17, 15) is 9.59 Å². The first-order valence-corrected chi connectivity index (χ1v) is 5.70. The van der Waals surface area contributed by atoms with Gasteiger partial charge in [0.05, 0.1) is 13.3 Å². The van der Waals surface area contributed by atoms with Crippen LogP contribution in [0, 0.1) is 0 Å². The molecule has 0 bridgehead atoms. The third kappa shape index (κ3) is 3.26. The lowest BCUT2D eigenvalue weighted by atomic mass is 9.96. The number of esters is 1. The van der Waals surface area contributed by atoms with Crippen LogP contribution in [0.25, 0.3) is 0 Å². The highest BCUT2D eigenvalue weighted by Gasteiger charge is 2.35. The predicted molar refractivity (Wildman–Crippen MR) is 64.8 cm³/mol. The van der Waals surface area contributed by atoms with Gasteiger partial charge in [-0.1, -0.05) is 13.3 Å². The van der Waals surface area contributed by atoms with E-state index in [4.69, 9.17) is 4.74 Å². The van der Waals surface area contributed by atoms with Crippen LogP contribution in [0.5, 0.6) is 0 Å². The van der Waals surface area contributed by atoms with Crippen molar-refractivity contribution in [1.82, 2.24) is 15.3 Å². The predicted octanol–water partition coefficient (Wildman–Crippen LogP) is 0.938. The van der Waals surface area contributed by atoms with E-state index in [-0.39, 0.29) is 5.69 Å². The molecule has 0 aromatic carbocycles. The molecule has 1 rings (SSSR count). The van der Waals surface area contributed by atoms with Crippen molar-refractivity contribution in [2.24, 2.45) is 0 Å². The van der Waals surface area contributed by atoms with Gasteiger partial charge in [0, 0.05) is 12.4 Å². The van der Waals surface area contributed by atoms with Crippen molar-refractivity contribution in [3.8, 4) is 0 Å². The first kappa shape index (κ1) is 14.1. The summed E-state index contributed by atoms with van der Waals surface area (Å²) in [6.07, 6.45) is 5.48. The van der Waals surface area contributed by atoms with E-state index >= 15 is 0 Å². The van der Waals surface area contributed by atoms with Gasteiger partial charge >= 0.3 is 5.97 Å². The summed E-state index contributed by atoms with van der Waals surface area (Å²) in [6, 6.07) is 0. The Bertz CT molecular complexity index is 422. The fourth-order valence-electron chi connectivity index (χ4n) is 1.67. The molecule has 0 aliphatic carbocycles. The molecular weight excluding hydrogens is 234 g/mol. The molecule has 0 radical (unpaired) electrons. The number of aromatic nitrogens is 2. The molecule has 0 aliphatic heterocycles. The number of methoxy groups -OCH3 is 1. The van der Waals surface area contributed by atoms with Gasteiger partial charge in [-0.15, -0.1) is 0 Å². The van der Waals surface area contributed by atoms with Crippen LogP contribution in [0.3, 0.4) is 0 Å². The van der Waals surface area contributed by atoms with Crippen molar-refractivity contribution in [2.45, 2.75) is 32.2 Å². The lowest BCUT2D eigenvalue weighted by Crippen LogP contribution is -2.52. The van der Waals surface area contributed by atoms with Crippen LogP contribution in [0.2, 0.25) is 0 Å². The van der Waals surface area contributed by atoms with Gasteiger partial charge < -0.3 is 10.1 Å². The Morgan fingerprint density at radius 1 is 1.44 bits per heavy atom. The Labute approximate surface area is 106 Å². The zero-order valence-corrected chi connectivity index (χ0v) is 10.8. The summed E-state index contributed by atoms with van der Waals surface area (Å²) >= 11 is 0. The molecule has 6 nitrogen and oxygen atoms in total. The van der Waals surface area contributed by atoms with Crippen LogP contribution < -0.4 is 5.32 Å². The van der Waals surface area contributed by atoms with Crippen molar-refractivity contribution in [3.05, 3.63) is 24.3 Å². The average Bonchev–Trinajstić information content (AvgIpc) is 2.39. The van der Waals surface area contributed by atoms with Crippen molar-refractivity contribution in [2.75, 3.05) is 7.11 Å². The number of nitrogens with one attached hydrogen (secondary N) is 1. The summed E-state index contributed by atoms with van der Waals surface area (Å²) in [6.45, 7) is 3.56. The molecule has 1 aromatic rings. The van der Waals surface area contributed by atoms with Crippen molar-refractivity contribution in [1.29, 1.82) is 0 Å². The molecule has 98 valence electrons. The summed E-state index contributed by atoms with van der Waals surface area (Å²) < 4.78 is 4.71. The van der Waals surface area contributed by atoms with Crippen LogP contribution >= 0.6 is 0 Å². The van der Waals surface area contributed by atoms with Gasteiger partial charge in [-0.2, -0.15) is 0 Å². The number of carbonyl (C=O) groups excluding carboxylic acids is 2. The summed E-state index contributed by atoms with van der Waals surface area (Å²) in [5, 5.41) is 2.65. The molecule has 6 heteroatoms. The van der Waals surface area contributed by atoms with Gasteiger partial charge in [0.15, 0.2) is 0 Å². The number of rotatable bonds is 5. The fourth-order valence-corrected chi connectivity index (χ4v) is 1.67. The number of carbonyl (C=O) groups is 2. The molecule has 1 N–H and O–H groups in total. The van der Waals surface area contributed by atoms with E-state index in [0.29, 0.717) is 6.42 Å². The van der Waals surface area contributed by atoms with Gasteiger partial charge in [0.2, 0.25) is 0 Å². The summed E-state index contributed by atoms with van der Waals surface area (Å²) in [4.78, 5) is 31.3. The third-order valence-electron chi connectivity index (χ3n) is 2.57. The van der Waals surface area contributed by atoms with E-state index in [1.54, 1.807) is 6.92 Å². The Morgan fingerprint density at radius 3 is 2.67 bits per heavy atom. The zero-order valence-electron chi connectivity index (χ0n) is 10.8. The number of hydrogen-bond donors (Lipinski definition) is 1. The van der Waals surface area contributed by atoms with E-state index in [2.05, 4.69) is 15.3 Å². The fraction of sp³-hybridized carbons (Fsp3) is 0.500. The second kappa shape index (κ2) is 6.09. The topological polar surface area (TPSA) is 81.2 Å². The standard InChI is InChI=1S/C12H17N3O3/c1-4-5-12(2,11(17)18-3)15-10(16)9-8-13-6-7-14-9/h6-8H,4-5H2,1-3H3,(H,15,16). The molecule has 1 aromatic heterocycles. The van der Waals surface area contributed by atoms with E-state index in [1.165, 1.54) is 25.7 Å². The first-order valence-electron chi connectivity index (χ1n) is 5.70. The van der Waals surface area contributed by atoms with Crippen LogP contribution in [-0.4, -0.2) is 34.5 Å². The molecule has 1 amide bonds. The minimum Gasteiger partial charge on any atom is -0.467 e. The zero-order chi connectivity index (χ0) is 13.6. The molecule has 0 saturated heterocycles. The van der Waals surface area contributed by atoms with Crippen LogP contribution in [0.15, 0.2) is 18.6 Å². The normalized spacial score (nSPS) is 13.5. The number of amides is 1. The monoisotopic (exact) mass is 251 g/mol. The second-order valence-corrected chi connectivity index (χ2v) is 4.12. The third-order valence-corrected chi connectivity index (χ3v) is 2.57. The molecular formula is C12H17N3O3. The second-order valence-electron chi connectivity index (χ2n) is 4.12. The minimum atomic E-state index is -1.04. The summed E-state index contributed by atoms with van der Waals surface area (Å²) in [5.74, 6) is -0.911. The highest BCUT2D eigenvalue weighted by Crippen LogP contribution is 2.15. The number of nitrogens with zero attached hydrogens (tertiary/aromatic N) is 2. The van der Waals surface area contributed by atoms with Gasteiger partial charge in [0.1, 0.15) is 11.2 Å². The van der Waals surface area contributed by atoms with Crippen molar-refractivity contribution >= 4 is 11.9 Å². The minimum absolute atomic E-state index is 0.170. The maximum absolute atomic E-state index is 11.9. The molecule has 1 heterocycles. The van der Waals surface area contributed by atoms with E-state index in [0.717, 1.165) is 6.42 Å². The number of hydrogen-bond acceptors (Lipinski definition) is 5. The van der Waals surface area contributed by atoms with Crippen LogP contribution in [-0.2, 0) is 9.53 Å². The lowest BCUT2D eigenvalue weighted by Gasteiger charge is -2.27. The lowest BCUT2D eigenvalue weighted by molar-refractivity contribution is -0.147. The molecule has 18 heavy (non-hydrogen) atoms. The summed E-state index contributed by atoms with van der Waals surface area (Å²) in [7, 11) is 1.30. The Morgan fingerprint density at radius 2 is 2.17 bits per heavy atom. The highest BCUT2D eigenvalue weighted by atomic mass is 16.5. The largest absolute Gasteiger partial charge is 0.467 e. The molecule has 1 atom stereocenters. The SMILES string of the molecule is CCCC(C)(NC(=O)c1cnccn1)C(=O)OC. The van der Waals surface area contributed by atoms with E-state index in [1.807, 2.05) is 6.92 Å². The van der Waals surface area contributed by atoms with Crippen molar-refractivity contribution < 1.29 is 14.3 Å². The quantitative estimate of drug-likeness (QED) is 0.787. The Kier molecular flexibility index (Phi) is 4.76. The Hall–Kier alpha value is -1.98. The van der Waals surface area contributed by atoms with Gasteiger partial charge in [-0.3, -0.25) is 9.78 Å². The molecule has 0 saturated carbocycles. The molecule has 0 aliphatic rings. The van der Waals surface area contributed by atoms with Crippen molar-refractivity contribution in [3.63, 3.8) is 0 Å². The van der Waals surface area contributed by atoms with Gasteiger partial charge in [-0.05, 0) is 13.3 Å².